The van der Waals surface area contributed by atoms with E-state index in [-0.39, 0.29) is 5.91 Å². The molecule has 0 bridgehead atoms. The molecule has 3 aromatic rings. The number of fused-ring (bicyclic) bond motifs is 2. The number of ether oxygens (including phenoxy) is 1. The third-order valence-electron chi connectivity index (χ3n) is 6.83. The summed E-state index contributed by atoms with van der Waals surface area (Å²) in [5.74, 6) is 0.841. The maximum absolute atomic E-state index is 11.8. The van der Waals surface area contributed by atoms with Crippen molar-refractivity contribution in [2.24, 2.45) is 0 Å². The number of carbonyl (C=O) groups is 1. The number of rotatable bonds is 5. The molecule has 0 saturated carbocycles. The highest BCUT2D eigenvalue weighted by Gasteiger charge is 2.23. The summed E-state index contributed by atoms with van der Waals surface area (Å²) in [6.07, 6.45) is 4.43. The van der Waals surface area contributed by atoms with Crippen molar-refractivity contribution in [1.29, 1.82) is 0 Å². The van der Waals surface area contributed by atoms with Gasteiger partial charge < -0.3 is 19.4 Å². The molecule has 6 rings (SSSR count). The van der Waals surface area contributed by atoms with Crippen LogP contribution in [0, 0.1) is 0 Å². The van der Waals surface area contributed by atoms with Gasteiger partial charge in [-0.15, -0.1) is 0 Å². The molecular weight excluding hydrogens is 482 g/mol. The van der Waals surface area contributed by atoms with Crippen LogP contribution in [0.1, 0.15) is 11.3 Å². The minimum Gasteiger partial charge on any atom is -0.378 e. The Morgan fingerprint density at radius 1 is 1.03 bits per heavy atom. The van der Waals surface area contributed by atoms with Gasteiger partial charge in [0, 0.05) is 69.5 Å². The molecule has 0 atom stereocenters. The number of amides is 1. The monoisotopic (exact) mass is 509 g/mol. The van der Waals surface area contributed by atoms with Crippen LogP contribution in [0.5, 0.6) is 0 Å². The minimum atomic E-state index is -2.17. The lowest BCUT2D eigenvalue weighted by Gasteiger charge is -2.31. The Hall–Kier alpha value is -3.32. The molecule has 1 aromatic carbocycles. The van der Waals surface area contributed by atoms with E-state index in [1.807, 2.05) is 39.9 Å². The fourth-order valence-electron chi connectivity index (χ4n) is 5.00. The summed E-state index contributed by atoms with van der Waals surface area (Å²) in [5.41, 5.74) is 6.64. The molecule has 3 aliphatic rings. The van der Waals surface area contributed by atoms with Crippen molar-refractivity contribution >= 4 is 38.8 Å². The first-order chi connectivity index (χ1) is 17.5. The number of aromatic nitrogens is 3. The van der Waals surface area contributed by atoms with E-state index in [1.54, 1.807) is 0 Å². The van der Waals surface area contributed by atoms with E-state index < -0.39 is 10.3 Å². The number of benzene rings is 1. The molecule has 2 aromatic heterocycles. The van der Waals surface area contributed by atoms with Crippen molar-refractivity contribution in [2.45, 2.75) is 13.0 Å². The Morgan fingerprint density at radius 2 is 1.83 bits per heavy atom. The largest absolute Gasteiger partial charge is 0.378 e. The van der Waals surface area contributed by atoms with Crippen LogP contribution in [0.2, 0.25) is 0 Å². The average molecular weight is 510 g/mol. The molecule has 2 fully saturated rings. The molecule has 1 amide bonds. The Morgan fingerprint density at radius 3 is 2.61 bits per heavy atom. The van der Waals surface area contributed by atoms with Crippen molar-refractivity contribution in [1.82, 2.24) is 24.2 Å². The van der Waals surface area contributed by atoms with Gasteiger partial charge in [-0.1, -0.05) is 6.07 Å². The van der Waals surface area contributed by atoms with Crippen LogP contribution in [0.4, 0.5) is 11.5 Å². The normalized spacial score (nSPS) is 18.9. The van der Waals surface area contributed by atoms with E-state index in [4.69, 9.17) is 14.7 Å². The van der Waals surface area contributed by atoms with E-state index in [0.717, 1.165) is 65.8 Å². The molecule has 11 nitrogen and oxygen atoms in total. The van der Waals surface area contributed by atoms with Gasteiger partial charge in [0.05, 0.1) is 31.0 Å². The summed E-state index contributed by atoms with van der Waals surface area (Å²) in [6.45, 7) is 6.34. The van der Waals surface area contributed by atoms with Gasteiger partial charge in [-0.05, 0) is 17.7 Å². The van der Waals surface area contributed by atoms with E-state index in [0.29, 0.717) is 39.3 Å². The van der Waals surface area contributed by atoms with E-state index in [9.17, 15) is 13.2 Å². The van der Waals surface area contributed by atoms with Gasteiger partial charge in [0.15, 0.2) is 11.5 Å². The quantitative estimate of drug-likeness (QED) is 0.491. The first kappa shape index (κ1) is 23.1. The highest BCUT2D eigenvalue weighted by molar-refractivity contribution is 7.71. The first-order valence-corrected chi connectivity index (χ1v) is 13.2. The molecule has 0 spiro atoms. The number of hydrogen-bond acceptors (Lipinski definition) is 8. The number of piperazine rings is 1. The molecule has 12 heteroatoms. The number of nitrogens with one attached hydrogen (secondary N) is 1. The third-order valence-corrected chi connectivity index (χ3v) is 7.30. The maximum atomic E-state index is 11.8. The second-order valence-electron chi connectivity index (χ2n) is 9.29. The summed E-state index contributed by atoms with van der Waals surface area (Å²) < 4.78 is 29.5. The Labute approximate surface area is 209 Å². The summed E-state index contributed by atoms with van der Waals surface area (Å²) in [5, 5.41) is 2.89. The summed E-state index contributed by atoms with van der Waals surface area (Å²) in [4.78, 5) is 28.1. The van der Waals surface area contributed by atoms with Crippen LogP contribution in [-0.4, -0.2) is 96.5 Å². The first-order valence-electron chi connectivity index (χ1n) is 12.1. The molecule has 0 unspecified atom stereocenters. The Balaban J connectivity index is 1.32. The zero-order valence-electron chi connectivity index (χ0n) is 19.8. The Kier molecular flexibility index (Phi) is 6.17. The predicted octanol–water partition coefficient (Wildman–Crippen LogP) is 0.484. The van der Waals surface area contributed by atoms with E-state index >= 15 is 0 Å². The lowest BCUT2D eigenvalue weighted by atomic mass is 10.1. The molecule has 0 radical (unpaired) electrons. The summed E-state index contributed by atoms with van der Waals surface area (Å²) in [6, 6.07) is 5.97. The second-order valence-corrected chi connectivity index (χ2v) is 10.0. The van der Waals surface area contributed by atoms with Crippen LogP contribution in [-0.2, 0) is 32.8 Å². The van der Waals surface area contributed by atoms with Gasteiger partial charge in [0.2, 0.25) is 16.2 Å². The molecule has 36 heavy (non-hydrogen) atoms. The number of nitrogens with zero attached hydrogens (tertiary/aromatic N) is 6. The van der Waals surface area contributed by atoms with Gasteiger partial charge in [0.25, 0.3) is 0 Å². The minimum absolute atomic E-state index is 0.0128. The van der Waals surface area contributed by atoms with Crippen molar-refractivity contribution in [3.05, 3.63) is 41.9 Å². The Bertz CT molecular complexity index is 1450. The molecular formula is C24H27N7O4S. The number of anilines is 2. The van der Waals surface area contributed by atoms with Gasteiger partial charge in [0.1, 0.15) is 5.49 Å². The fourth-order valence-corrected chi connectivity index (χ4v) is 5.46. The standard InChI is InChI=1S/C24H27N7O4S/c32-22-12-18-11-17(1-2-20(18)26-22)21-15-31-14-19(13-28-3-5-29(6-4-28)16-36(33)34)25-23(31)24(27-21)30-7-9-35-10-8-30/h1-2,11,14-16H,3-10,12-13H2,(H,26,32). The number of carbonyl (C=O) groups excluding carboxylic acids is 1. The van der Waals surface area contributed by atoms with Crippen LogP contribution in [0.15, 0.2) is 30.6 Å². The molecule has 0 aliphatic carbocycles. The van der Waals surface area contributed by atoms with Crippen LogP contribution < -0.4 is 10.2 Å². The van der Waals surface area contributed by atoms with Crippen molar-refractivity contribution in [3.63, 3.8) is 0 Å². The summed E-state index contributed by atoms with van der Waals surface area (Å²) in [7, 11) is -2.17. The van der Waals surface area contributed by atoms with Crippen LogP contribution >= 0.6 is 0 Å². The number of hydrogen-bond donors (Lipinski definition) is 1. The van der Waals surface area contributed by atoms with E-state index in [2.05, 4.69) is 15.1 Å². The molecule has 1 N–H and O–H groups in total. The summed E-state index contributed by atoms with van der Waals surface area (Å²) >= 11 is 0. The molecule has 3 aliphatic heterocycles. The van der Waals surface area contributed by atoms with Gasteiger partial charge >= 0.3 is 0 Å². The lowest BCUT2D eigenvalue weighted by Crippen LogP contribution is -2.45. The third kappa shape index (κ3) is 4.72. The highest BCUT2D eigenvalue weighted by atomic mass is 32.2. The fraction of sp³-hybridized carbons (Fsp3) is 0.417. The highest BCUT2D eigenvalue weighted by Crippen LogP contribution is 2.31. The second kappa shape index (κ2) is 9.62. The number of morpholine rings is 1. The van der Waals surface area contributed by atoms with Crippen molar-refractivity contribution < 1.29 is 17.9 Å². The van der Waals surface area contributed by atoms with Crippen molar-refractivity contribution in [2.75, 3.05) is 62.7 Å². The van der Waals surface area contributed by atoms with Gasteiger partial charge in [-0.2, -0.15) is 8.42 Å². The lowest BCUT2D eigenvalue weighted by molar-refractivity contribution is -0.115. The average Bonchev–Trinajstić information content (AvgIpc) is 3.46. The van der Waals surface area contributed by atoms with Gasteiger partial charge in [-0.3, -0.25) is 14.6 Å². The number of imidazole rings is 1. The topological polar surface area (TPSA) is 112 Å². The zero-order valence-corrected chi connectivity index (χ0v) is 20.6. The molecule has 188 valence electrons. The molecule has 5 heterocycles. The zero-order chi connectivity index (χ0) is 24.6. The van der Waals surface area contributed by atoms with Crippen LogP contribution in [0.25, 0.3) is 16.9 Å². The maximum Gasteiger partial charge on any atom is 0.228 e. The smallest absolute Gasteiger partial charge is 0.228 e. The van der Waals surface area contributed by atoms with Crippen LogP contribution in [0.3, 0.4) is 0 Å². The van der Waals surface area contributed by atoms with Crippen molar-refractivity contribution in [3.8, 4) is 11.3 Å². The SMILES string of the molecule is O=C1Cc2cc(-c3cn4cc(CN5CCN(C=S(=O)=O)CC5)nc4c(N4CCOCC4)n3)ccc2N1. The van der Waals surface area contributed by atoms with E-state index in [1.165, 1.54) is 5.49 Å². The molecule has 2 saturated heterocycles. The van der Waals surface area contributed by atoms with Gasteiger partial charge in [-0.25, -0.2) is 9.97 Å². The predicted molar refractivity (Wildman–Crippen MR) is 136 cm³/mol.